The van der Waals surface area contributed by atoms with Crippen LogP contribution in [0.15, 0.2) is 36.5 Å². The van der Waals surface area contributed by atoms with Crippen molar-refractivity contribution in [2.24, 2.45) is 0 Å². The molecule has 1 heterocycles. The number of ketones is 1. The van der Waals surface area contributed by atoms with Gasteiger partial charge in [-0.3, -0.25) is 9.78 Å². The Kier molecular flexibility index (Phi) is 4.02. The molecule has 1 aromatic carbocycles. The van der Waals surface area contributed by atoms with Gasteiger partial charge < -0.3 is 0 Å². The smallest absolute Gasteiger partial charge is 0.292 e. The van der Waals surface area contributed by atoms with Gasteiger partial charge in [-0.2, -0.15) is 13.2 Å². The highest BCUT2D eigenvalue weighted by Gasteiger charge is 2.30. The molecule has 0 aliphatic rings. The van der Waals surface area contributed by atoms with Crippen molar-refractivity contribution in [1.29, 1.82) is 0 Å². The van der Waals surface area contributed by atoms with Crippen LogP contribution in [0.3, 0.4) is 0 Å². The summed E-state index contributed by atoms with van der Waals surface area (Å²) >= 11 is 0. The molecule has 0 bridgehead atoms. The maximum absolute atomic E-state index is 13.4. The minimum Gasteiger partial charge on any atom is -0.292 e. The third kappa shape index (κ3) is 3.42. The molecule has 2 aromatic rings. The second kappa shape index (κ2) is 5.59. The van der Waals surface area contributed by atoms with Gasteiger partial charge in [0.2, 0.25) is 0 Å². The molecule has 0 amide bonds. The Hall–Kier alpha value is -2.31. The van der Waals surface area contributed by atoms with Crippen molar-refractivity contribution >= 4 is 5.78 Å². The van der Waals surface area contributed by atoms with Crippen LogP contribution in [0.1, 0.15) is 21.6 Å². The number of benzene rings is 1. The van der Waals surface area contributed by atoms with E-state index in [1.165, 1.54) is 12.1 Å². The van der Waals surface area contributed by atoms with E-state index in [2.05, 4.69) is 4.98 Å². The number of rotatable bonds is 3. The normalized spacial score (nSPS) is 11.5. The molecule has 2 rings (SSSR count). The average Bonchev–Trinajstić information content (AvgIpc) is 2.43. The molecule has 0 N–H and O–H groups in total. The van der Waals surface area contributed by atoms with Crippen LogP contribution >= 0.6 is 0 Å². The Bertz CT molecular complexity index is 664. The molecule has 7 heteroatoms. The number of hydrogen-bond donors (Lipinski definition) is 0. The van der Waals surface area contributed by atoms with Gasteiger partial charge in [-0.1, -0.05) is 12.1 Å². The lowest BCUT2D eigenvalue weighted by Crippen LogP contribution is -2.10. The van der Waals surface area contributed by atoms with E-state index in [4.69, 9.17) is 0 Å². The Labute approximate surface area is 116 Å². The maximum Gasteiger partial charge on any atom is 0.417 e. The third-order valence-electron chi connectivity index (χ3n) is 2.76. The monoisotopic (exact) mass is 301 g/mol. The number of hydrogen-bond acceptors (Lipinski definition) is 2. The summed E-state index contributed by atoms with van der Waals surface area (Å²) in [5.74, 6) is -2.95. The van der Waals surface area contributed by atoms with Gasteiger partial charge in [0.1, 0.15) is 5.69 Å². The van der Waals surface area contributed by atoms with Crippen molar-refractivity contribution < 1.29 is 26.7 Å². The lowest BCUT2D eigenvalue weighted by atomic mass is 10.1. The Morgan fingerprint density at radius 3 is 2.38 bits per heavy atom. The summed E-state index contributed by atoms with van der Waals surface area (Å²) in [6.45, 7) is 0. The van der Waals surface area contributed by atoms with Crippen LogP contribution in [0.4, 0.5) is 22.0 Å². The zero-order chi connectivity index (χ0) is 15.6. The van der Waals surface area contributed by atoms with Gasteiger partial charge in [-0.25, -0.2) is 8.78 Å². The fourth-order valence-electron chi connectivity index (χ4n) is 1.68. The van der Waals surface area contributed by atoms with E-state index in [1.807, 2.05) is 0 Å². The Morgan fingerprint density at radius 2 is 1.81 bits per heavy atom. The number of alkyl halides is 3. The number of Topliss-reactive ketones (excluding diaryl/α,β-unsaturated/α-hetero) is 1. The van der Waals surface area contributed by atoms with E-state index in [0.29, 0.717) is 12.3 Å². The molecule has 0 saturated heterocycles. The van der Waals surface area contributed by atoms with E-state index < -0.39 is 35.6 Å². The highest BCUT2D eigenvalue weighted by atomic mass is 19.4. The van der Waals surface area contributed by atoms with Crippen LogP contribution in [0.2, 0.25) is 0 Å². The van der Waals surface area contributed by atoms with Gasteiger partial charge in [0.25, 0.3) is 0 Å². The average molecular weight is 301 g/mol. The van der Waals surface area contributed by atoms with Gasteiger partial charge >= 0.3 is 6.18 Å². The highest BCUT2D eigenvalue weighted by Crippen LogP contribution is 2.28. The fraction of sp³-hybridized carbons (Fsp3) is 0.143. The first kappa shape index (κ1) is 15.1. The Balaban J connectivity index is 2.19. The van der Waals surface area contributed by atoms with Crippen molar-refractivity contribution in [2.45, 2.75) is 12.6 Å². The van der Waals surface area contributed by atoms with E-state index in [1.54, 1.807) is 0 Å². The number of nitrogens with zero attached hydrogens (tertiary/aromatic N) is 1. The standard InChI is InChI=1S/C14H8F5NO/c15-10-3-1-2-8(13(10)16)6-12(21)11-5-4-9(7-20-11)14(17,18)19/h1-5,7H,6H2. The summed E-state index contributed by atoms with van der Waals surface area (Å²) in [5, 5.41) is 0. The van der Waals surface area contributed by atoms with Crippen LogP contribution < -0.4 is 0 Å². The summed E-state index contributed by atoms with van der Waals surface area (Å²) in [6, 6.07) is 4.98. The molecule has 0 spiro atoms. The lowest BCUT2D eigenvalue weighted by Gasteiger charge is -2.07. The van der Waals surface area contributed by atoms with Gasteiger partial charge in [0, 0.05) is 12.6 Å². The number of carbonyl (C=O) groups is 1. The summed E-state index contributed by atoms with van der Waals surface area (Å²) in [7, 11) is 0. The van der Waals surface area contributed by atoms with Gasteiger partial charge in [0.05, 0.1) is 5.56 Å². The van der Waals surface area contributed by atoms with E-state index >= 15 is 0 Å². The maximum atomic E-state index is 13.4. The molecule has 0 radical (unpaired) electrons. The minimum atomic E-state index is -4.55. The van der Waals surface area contributed by atoms with Crippen molar-refractivity contribution in [3.8, 4) is 0 Å². The van der Waals surface area contributed by atoms with Crippen LogP contribution in [0.5, 0.6) is 0 Å². The number of aromatic nitrogens is 1. The first-order valence-corrected chi connectivity index (χ1v) is 5.78. The largest absolute Gasteiger partial charge is 0.417 e. The molecule has 0 saturated carbocycles. The predicted octanol–water partition coefficient (Wildman–Crippen LogP) is 3.80. The van der Waals surface area contributed by atoms with E-state index in [0.717, 1.165) is 12.1 Å². The van der Waals surface area contributed by atoms with Gasteiger partial charge in [-0.15, -0.1) is 0 Å². The molecule has 0 aliphatic heterocycles. The molecule has 2 nitrogen and oxygen atoms in total. The highest BCUT2D eigenvalue weighted by molar-refractivity contribution is 5.95. The van der Waals surface area contributed by atoms with Crippen LogP contribution in [0.25, 0.3) is 0 Å². The van der Waals surface area contributed by atoms with E-state index in [-0.39, 0.29) is 11.3 Å². The molecule has 0 fully saturated rings. The topological polar surface area (TPSA) is 30.0 Å². The Morgan fingerprint density at radius 1 is 1.10 bits per heavy atom. The van der Waals surface area contributed by atoms with Crippen molar-refractivity contribution in [1.82, 2.24) is 4.98 Å². The summed E-state index contributed by atoms with van der Waals surface area (Å²) < 4.78 is 63.4. The first-order valence-electron chi connectivity index (χ1n) is 5.78. The SMILES string of the molecule is O=C(Cc1cccc(F)c1F)c1ccc(C(F)(F)F)cn1. The van der Waals surface area contributed by atoms with Crippen LogP contribution in [-0.2, 0) is 12.6 Å². The molecular formula is C14H8F5NO. The molecule has 110 valence electrons. The molecule has 21 heavy (non-hydrogen) atoms. The third-order valence-corrected chi connectivity index (χ3v) is 2.76. The molecule has 0 unspecified atom stereocenters. The van der Waals surface area contributed by atoms with Crippen molar-refractivity contribution in [2.75, 3.05) is 0 Å². The summed E-state index contributed by atoms with van der Waals surface area (Å²) in [6.07, 6.45) is -4.51. The summed E-state index contributed by atoms with van der Waals surface area (Å²) in [5.41, 5.74) is -1.41. The second-order valence-corrected chi connectivity index (χ2v) is 4.24. The van der Waals surface area contributed by atoms with Gasteiger partial charge in [0.15, 0.2) is 17.4 Å². The quantitative estimate of drug-likeness (QED) is 0.637. The van der Waals surface area contributed by atoms with E-state index in [9.17, 15) is 26.7 Å². The minimum absolute atomic E-state index is 0.179. The number of pyridine rings is 1. The zero-order valence-electron chi connectivity index (χ0n) is 10.4. The van der Waals surface area contributed by atoms with Gasteiger partial charge in [-0.05, 0) is 23.8 Å². The summed E-state index contributed by atoms with van der Waals surface area (Å²) in [4.78, 5) is 15.2. The lowest BCUT2D eigenvalue weighted by molar-refractivity contribution is -0.137. The van der Waals surface area contributed by atoms with Crippen LogP contribution in [-0.4, -0.2) is 10.8 Å². The molecular weight excluding hydrogens is 293 g/mol. The molecule has 1 aromatic heterocycles. The van der Waals surface area contributed by atoms with Crippen molar-refractivity contribution in [3.63, 3.8) is 0 Å². The molecule has 0 aliphatic carbocycles. The second-order valence-electron chi connectivity index (χ2n) is 4.24. The zero-order valence-corrected chi connectivity index (χ0v) is 10.4. The number of carbonyl (C=O) groups excluding carboxylic acids is 1. The van der Waals surface area contributed by atoms with Crippen molar-refractivity contribution in [3.05, 3.63) is 65.0 Å². The first-order chi connectivity index (χ1) is 9.79. The predicted molar refractivity (Wildman–Crippen MR) is 63.6 cm³/mol. The molecule has 0 atom stereocenters. The fourth-order valence-corrected chi connectivity index (χ4v) is 1.68. The number of halogens is 5. The van der Waals surface area contributed by atoms with Crippen LogP contribution in [0, 0.1) is 11.6 Å².